The van der Waals surface area contributed by atoms with E-state index in [1.165, 1.54) is 12.8 Å². The molecule has 0 radical (unpaired) electrons. The summed E-state index contributed by atoms with van der Waals surface area (Å²) in [4.78, 5) is 0. The van der Waals surface area contributed by atoms with Crippen molar-refractivity contribution in [2.75, 3.05) is 0 Å². The van der Waals surface area contributed by atoms with Gasteiger partial charge in [0.15, 0.2) is 0 Å². The highest BCUT2D eigenvalue weighted by atomic mass is 79.9. The first-order valence-electron chi connectivity index (χ1n) is 5.01. The fourth-order valence-electron chi connectivity index (χ4n) is 1.65. The Bertz CT molecular complexity index is 359. The summed E-state index contributed by atoms with van der Waals surface area (Å²) >= 11 is 6.62. The van der Waals surface area contributed by atoms with Crippen LogP contribution in [-0.2, 0) is 0 Å². The first kappa shape index (κ1) is 14.3. The number of phenolic OH excluding ortho intramolecular Hbond substituents is 1. The van der Waals surface area contributed by atoms with Crippen LogP contribution in [0.4, 0.5) is 0 Å². The van der Waals surface area contributed by atoms with Crippen molar-refractivity contribution < 1.29 is 5.11 Å². The molecule has 0 saturated heterocycles. The molecule has 16 heavy (non-hydrogen) atoms. The maximum atomic E-state index is 9.57. The van der Waals surface area contributed by atoms with E-state index in [1.54, 1.807) is 0 Å². The normalized spacial score (nSPS) is 16.7. The number of benzene rings is 1. The molecule has 1 fully saturated rings. The van der Waals surface area contributed by atoms with Gasteiger partial charge in [-0.3, -0.25) is 0 Å². The Morgan fingerprint density at radius 1 is 1.31 bits per heavy atom. The average molecular weight is 372 g/mol. The van der Waals surface area contributed by atoms with E-state index in [0.29, 0.717) is 8.95 Å². The van der Waals surface area contributed by atoms with Crippen LogP contribution in [0.1, 0.15) is 30.9 Å². The molecule has 1 aliphatic rings. The third-order valence-electron chi connectivity index (χ3n) is 2.75. The van der Waals surface area contributed by atoms with Crippen LogP contribution < -0.4 is 5.73 Å². The summed E-state index contributed by atoms with van der Waals surface area (Å²) in [6, 6.07) is 3.87. The predicted octanol–water partition coefficient (Wildman–Crippen LogP) is 4.14. The summed E-state index contributed by atoms with van der Waals surface area (Å²) in [5.74, 6) is 1.05. The van der Waals surface area contributed by atoms with Gasteiger partial charge in [-0.1, -0.05) is 12.8 Å². The molecule has 3 N–H and O–H groups in total. The molecule has 0 aromatic heterocycles. The van der Waals surface area contributed by atoms with Gasteiger partial charge in [0.25, 0.3) is 0 Å². The van der Waals surface area contributed by atoms with Gasteiger partial charge in [0.2, 0.25) is 0 Å². The maximum Gasteiger partial charge on any atom is 0.143 e. The molecule has 0 heterocycles. The Balaban J connectivity index is 0.00000128. The summed E-state index contributed by atoms with van der Waals surface area (Å²) in [6.45, 7) is 0. The number of rotatable bonds is 3. The fourth-order valence-corrected chi connectivity index (χ4v) is 2.87. The van der Waals surface area contributed by atoms with Gasteiger partial charge in [-0.05, 0) is 61.9 Å². The minimum Gasteiger partial charge on any atom is -0.506 e. The van der Waals surface area contributed by atoms with Crippen LogP contribution in [0.2, 0.25) is 0 Å². The van der Waals surface area contributed by atoms with Crippen molar-refractivity contribution in [3.63, 3.8) is 0 Å². The zero-order valence-corrected chi connectivity index (χ0v) is 12.6. The Kier molecular flexibility index (Phi) is 5.10. The number of halogens is 3. The SMILES string of the molecule is Cl.N[C@@H](CC1CC1)c1cc(Br)c(O)c(Br)c1. The molecule has 1 aromatic carbocycles. The summed E-state index contributed by atoms with van der Waals surface area (Å²) < 4.78 is 1.39. The molecule has 1 saturated carbocycles. The van der Waals surface area contributed by atoms with Crippen molar-refractivity contribution in [2.24, 2.45) is 11.7 Å². The number of hydrogen-bond donors (Lipinski definition) is 2. The summed E-state index contributed by atoms with van der Waals surface area (Å²) in [5.41, 5.74) is 7.17. The highest BCUT2D eigenvalue weighted by Gasteiger charge is 2.25. The molecule has 2 rings (SSSR count). The van der Waals surface area contributed by atoms with Crippen molar-refractivity contribution in [1.29, 1.82) is 0 Å². The number of phenols is 1. The molecule has 0 amide bonds. The molecule has 90 valence electrons. The predicted molar refractivity (Wildman–Crippen MR) is 75.0 cm³/mol. The monoisotopic (exact) mass is 369 g/mol. The van der Waals surface area contributed by atoms with Crippen molar-refractivity contribution in [3.05, 3.63) is 26.6 Å². The third kappa shape index (κ3) is 3.36. The second-order valence-electron chi connectivity index (χ2n) is 4.12. The molecular formula is C11H14Br2ClNO. The van der Waals surface area contributed by atoms with E-state index in [9.17, 15) is 5.11 Å². The van der Waals surface area contributed by atoms with Gasteiger partial charge < -0.3 is 10.8 Å². The Hall–Kier alpha value is 0.230. The van der Waals surface area contributed by atoms with E-state index < -0.39 is 0 Å². The second-order valence-corrected chi connectivity index (χ2v) is 5.83. The lowest BCUT2D eigenvalue weighted by Gasteiger charge is -2.13. The molecule has 1 aromatic rings. The van der Waals surface area contributed by atoms with E-state index >= 15 is 0 Å². The second kappa shape index (κ2) is 5.71. The molecular weight excluding hydrogens is 357 g/mol. The van der Waals surface area contributed by atoms with E-state index in [1.807, 2.05) is 12.1 Å². The zero-order chi connectivity index (χ0) is 11.0. The first-order valence-corrected chi connectivity index (χ1v) is 6.60. The molecule has 2 nitrogen and oxygen atoms in total. The lowest BCUT2D eigenvalue weighted by molar-refractivity contribution is 0.467. The molecule has 1 atom stereocenters. The van der Waals surface area contributed by atoms with Crippen LogP contribution in [0.25, 0.3) is 0 Å². The van der Waals surface area contributed by atoms with Crippen LogP contribution in [0.15, 0.2) is 21.1 Å². The summed E-state index contributed by atoms with van der Waals surface area (Å²) in [6.07, 6.45) is 3.67. The fraction of sp³-hybridized carbons (Fsp3) is 0.455. The van der Waals surface area contributed by atoms with Gasteiger partial charge in [-0.25, -0.2) is 0 Å². The van der Waals surface area contributed by atoms with Crippen LogP contribution in [-0.4, -0.2) is 5.11 Å². The minimum atomic E-state index is 0. The van der Waals surface area contributed by atoms with Gasteiger partial charge in [0.1, 0.15) is 5.75 Å². The largest absolute Gasteiger partial charge is 0.506 e. The molecule has 0 spiro atoms. The zero-order valence-electron chi connectivity index (χ0n) is 8.62. The van der Waals surface area contributed by atoms with Crippen LogP contribution >= 0.6 is 44.3 Å². The van der Waals surface area contributed by atoms with E-state index in [4.69, 9.17) is 5.73 Å². The maximum absolute atomic E-state index is 9.57. The topological polar surface area (TPSA) is 46.2 Å². The van der Waals surface area contributed by atoms with Crippen molar-refractivity contribution in [2.45, 2.75) is 25.3 Å². The van der Waals surface area contributed by atoms with E-state index in [-0.39, 0.29) is 24.2 Å². The quantitative estimate of drug-likeness (QED) is 0.839. The summed E-state index contributed by atoms with van der Waals surface area (Å²) in [7, 11) is 0. The molecule has 0 bridgehead atoms. The van der Waals surface area contributed by atoms with Crippen molar-refractivity contribution >= 4 is 44.3 Å². The van der Waals surface area contributed by atoms with Crippen molar-refractivity contribution in [1.82, 2.24) is 0 Å². The van der Waals surface area contributed by atoms with E-state index in [2.05, 4.69) is 31.9 Å². The molecule has 0 unspecified atom stereocenters. The lowest BCUT2D eigenvalue weighted by Crippen LogP contribution is -2.11. The van der Waals surface area contributed by atoms with Gasteiger partial charge in [0, 0.05) is 6.04 Å². The smallest absolute Gasteiger partial charge is 0.143 e. The Morgan fingerprint density at radius 3 is 2.25 bits per heavy atom. The Labute approximate surface area is 118 Å². The highest BCUT2D eigenvalue weighted by Crippen LogP contribution is 2.39. The lowest BCUT2D eigenvalue weighted by atomic mass is 10.0. The van der Waals surface area contributed by atoms with Gasteiger partial charge in [-0.2, -0.15) is 0 Å². The molecule has 5 heteroatoms. The molecule has 1 aliphatic carbocycles. The standard InChI is InChI=1S/C11H13Br2NO.ClH/c12-8-4-7(5-9(13)11(8)15)10(14)3-6-1-2-6;/h4-6,10,15H,1-3,14H2;1H/t10-;/m0./s1. The van der Waals surface area contributed by atoms with Crippen LogP contribution in [0.5, 0.6) is 5.75 Å². The average Bonchev–Trinajstić information content (AvgIpc) is 2.97. The minimum absolute atomic E-state index is 0. The number of aromatic hydroxyl groups is 1. The third-order valence-corrected chi connectivity index (χ3v) is 3.96. The van der Waals surface area contributed by atoms with Gasteiger partial charge in [0.05, 0.1) is 8.95 Å². The highest BCUT2D eigenvalue weighted by molar-refractivity contribution is 9.11. The summed E-state index contributed by atoms with van der Waals surface area (Å²) in [5, 5.41) is 9.57. The van der Waals surface area contributed by atoms with Crippen molar-refractivity contribution in [3.8, 4) is 5.75 Å². The van der Waals surface area contributed by atoms with Crippen LogP contribution in [0, 0.1) is 5.92 Å². The Morgan fingerprint density at radius 2 is 1.81 bits per heavy atom. The number of hydrogen-bond acceptors (Lipinski definition) is 2. The van der Waals surface area contributed by atoms with E-state index in [0.717, 1.165) is 17.9 Å². The van der Waals surface area contributed by atoms with Crippen LogP contribution in [0.3, 0.4) is 0 Å². The first-order chi connectivity index (χ1) is 7.08. The number of nitrogens with two attached hydrogens (primary N) is 1. The van der Waals surface area contributed by atoms with Gasteiger partial charge in [-0.15, -0.1) is 12.4 Å². The van der Waals surface area contributed by atoms with Gasteiger partial charge >= 0.3 is 0 Å². The molecule has 0 aliphatic heterocycles.